The molecular formula is C18H25N3O. The molecule has 1 aromatic carbocycles. The van der Waals surface area contributed by atoms with Gasteiger partial charge in [-0.3, -0.25) is 9.48 Å². The van der Waals surface area contributed by atoms with Crippen molar-refractivity contribution in [2.75, 3.05) is 0 Å². The number of carbonyl (C=O) groups excluding carboxylic acids is 1. The summed E-state index contributed by atoms with van der Waals surface area (Å²) in [4.78, 5) is 12.6. The van der Waals surface area contributed by atoms with Gasteiger partial charge in [0.15, 0.2) is 0 Å². The molecule has 1 heterocycles. The van der Waals surface area contributed by atoms with Gasteiger partial charge in [0, 0.05) is 11.4 Å². The van der Waals surface area contributed by atoms with Crippen molar-refractivity contribution < 1.29 is 4.79 Å². The van der Waals surface area contributed by atoms with Gasteiger partial charge >= 0.3 is 0 Å². The quantitative estimate of drug-likeness (QED) is 0.878. The van der Waals surface area contributed by atoms with Crippen LogP contribution < -0.4 is 5.32 Å². The normalized spacial score (nSPS) is 18.1. The zero-order valence-corrected chi connectivity index (χ0v) is 13.5. The van der Waals surface area contributed by atoms with E-state index < -0.39 is 0 Å². The van der Waals surface area contributed by atoms with E-state index in [1.807, 2.05) is 36.7 Å². The number of amides is 1. The van der Waals surface area contributed by atoms with Gasteiger partial charge in [0.2, 0.25) is 5.91 Å². The maximum atomic E-state index is 12.6. The van der Waals surface area contributed by atoms with Crippen molar-refractivity contribution >= 4 is 16.8 Å². The highest BCUT2D eigenvalue weighted by molar-refractivity contribution is 5.86. The molecule has 4 nitrogen and oxygen atoms in total. The average molecular weight is 299 g/mol. The Hall–Kier alpha value is -1.84. The lowest BCUT2D eigenvalue weighted by Crippen LogP contribution is -2.39. The number of aromatic nitrogens is 2. The summed E-state index contributed by atoms with van der Waals surface area (Å²) < 4.78 is 1.86. The Labute approximate surface area is 131 Å². The number of carbonyl (C=O) groups is 1. The van der Waals surface area contributed by atoms with Crippen LogP contribution in [0.2, 0.25) is 0 Å². The van der Waals surface area contributed by atoms with Crippen molar-refractivity contribution in [2.24, 2.45) is 0 Å². The van der Waals surface area contributed by atoms with Gasteiger partial charge in [0.25, 0.3) is 0 Å². The first-order valence-corrected chi connectivity index (χ1v) is 8.41. The Morgan fingerprint density at radius 3 is 2.64 bits per heavy atom. The molecule has 22 heavy (non-hydrogen) atoms. The summed E-state index contributed by atoms with van der Waals surface area (Å²) in [5.74, 6) is 0.0835. The highest BCUT2D eigenvalue weighted by atomic mass is 16.2. The summed E-state index contributed by atoms with van der Waals surface area (Å²) in [6, 6.07) is 8.16. The van der Waals surface area contributed by atoms with Crippen molar-refractivity contribution in [3.8, 4) is 0 Å². The Kier molecular flexibility index (Phi) is 4.46. The molecule has 1 fully saturated rings. The Morgan fingerprint density at radius 1 is 1.23 bits per heavy atom. The first kappa shape index (κ1) is 15.1. The van der Waals surface area contributed by atoms with Gasteiger partial charge in [-0.05, 0) is 32.8 Å². The number of fused-ring (bicyclic) bond motifs is 1. The number of nitrogens with zero attached hydrogens (tertiary/aromatic N) is 2. The summed E-state index contributed by atoms with van der Waals surface area (Å²) in [5, 5.41) is 8.93. The van der Waals surface area contributed by atoms with Crippen LogP contribution in [0.25, 0.3) is 10.9 Å². The van der Waals surface area contributed by atoms with E-state index >= 15 is 0 Å². The van der Waals surface area contributed by atoms with Crippen molar-refractivity contribution in [1.82, 2.24) is 15.1 Å². The van der Waals surface area contributed by atoms with Crippen LogP contribution in [0, 0.1) is 6.92 Å². The third kappa shape index (κ3) is 3.01. The van der Waals surface area contributed by atoms with Crippen molar-refractivity contribution in [3.05, 3.63) is 30.0 Å². The predicted molar refractivity (Wildman–Crippen MR) is 88.8 cm³/mol. The fraction of sp³-hybridized carbons (Fsp3) is 0.556. The zero-order valence-electron chi connectivity index (χ0n) is 13.5. The first-order valence-electron chi connectivity index (χ1n) is 8.41. The molecule has 1 atom stereocenters. The first-order chi connectivity index (χ1) is 10.7. The van der Waals surface area contributed by atoms with Crippen LogP contribution in [-0.4, -0.2) is 21.7 Å². The van der Waals surface area contributed by atoms with Crippen molar-refractivity contribution in [3.63, 3.8) is 0 Å². The van der Waals surface area contributed by atoms with Crippen LogP contribution in [0.15, 0.2) is 24.3 Å². The number of nitrogens with one attached hydrogen (secondary N) is 1. The lowest BCUT2D eigenvalue weighted by Gasteiger charge is -2.20. The molecule has 4 heteroatoms. The number of rotatable bonds is 3. The van der Waals surface area contributed by atoms with E-state index in [4.69, 9.17) is 0 Å². The lowest BCUT2D eigenvalue weighted by molar-refractivity contribution is -0.124. The Bertz CT molecular complexity index is 653. The molecule has 1 aromatic heterocycles. The second-order valence-electron chi connectivity index (χ2n) is 6.42. The van der Waals surface area contributed by atoms with Gasteiger partial charge in [-0.15, -0.1) is 0 Å². The lowest BCUT2D eigenvalue weighted by atomic mass is 10.1. The largest absolute Gasteiger partial charge is 0.352 e. The standard InChI is InChI=1S/C18H25N3O/c1-13-16-11-7-8-12-17(16)21(20-13)14(2)18(22)19-15-9-5-3-4-6-10-15/h7-8,11-12,14-15H,3-6,9-10H2,1-2H3,(H,19,22). The van der Waals surface area contributed by atoms with Crippen LogP contribution in [0.4, 0.5) is 0 Å². The topological polar surface area (TPSA) is 46.9 Å². The minimum absolute atomic E-state index is 0.0835. The number of hydrogen-bond acceptors (Lipinski definition) is 2. The summed E-state index contributed by atoms with van der Waals surface area (Å²) >= 11 is 0. The molecule has 1 aliphatic rings. The molecule has 0 aliphatic heterocycles. The molecule has 118 valence electrons. The van der Waals surface area contributed by atoms with Crippen LogP contribution in [0.1, 0.15) is 57.2 Å². The molecule has 0 saturated heterocycles. The summed E-state index contributed by atoms with van der Waals surface area (Å²) in [5.41, 5.74) is 2.01. The minimum Gasteiger partial charge on any atom is -0.352 e. The molecule has 0 radical (unpaired) electrons. The third-order valence-electron chi connectivity index (χ3n) is 4.75. The molecule has 1 amide bonds. The third-order valence-corrected chi connectivity index (χ3v) is 4.75. The summed E-state index contributed by atoms with van der Waals surface area (Å²) in [7, 11) is 0. The molecule has 1 aliphatic carbocycles. The number of benzene rings is 1. The Morgan fingerprint density at radius 2 is 1.91 bits per heavy atom. The van der Waals surface area contributed by atoms with Crippen LogP contribution >= 0.6 is 0 Å². The van der Waals surface area contributed by atoms with E-state index in [9.17, 15) is 4.79 Å². The molecule has 0 bridgehead atoms. The summed E-state index contributed by atoms with van der Waals surface area (Å²) in [6.45, 7) is 3.93. The maximum Gasteiger partial charge on any atom is 0.244 e. The second kappa shape index (κ2) is 6.51. The van der Waals surface area contributed by atoms with Gasteiger partial charge in [0.1, 0.15) is 6.04 Å². The molecule has 1 N–H and O–H groups in total. The number of aryl methyl sites for hydroxylation is 1. The molecule has 2 aromatic rings. The van der Waals surface area contributed by atoms with Gasteiger partial charge in [-0.1, -0.05) is 43.9 Å². The van der Waals surface area contributed by atoms with Gasteiger partial charge in [0.05, 0.1) is 11.2 Å². The molecule has 1 saturated carbocycles. The SMILES string of the molecule is Cc1nn(C(C)C(=O)NC2CCCCCC2)c2ccccc12. The van der Waals surface area contributed by atoms with Crippen LogP contribution in [0.5, 0.6) is 0 Å². The average Bonchev–Trinajstić information content (AvgIpc) is 2.70. The predicted octanol–water partition coefficient (Wildman–Crippen LogP) is 3.74. The number of hydrogen-bond donors (Lipinski definition) is 1. The van der Waals surface area contributed by atoms with Crippen LogP contribution in [-0.2, 0) is 4.79 Å². The van der Waals surface area contributed by atoms with Crippen molar-refractivity contribution in [1.29, 1.82) is 0 Å². The van der Waals surface area contributed by atoms with E-state index in [-0.39, 0.29) is 11.9 Å². The van der Waals surface area contributed by atoms with E-state index in [0.29, 0.717) is 6.04 Å². The van der Waals surface area contributed by atoms with Gasteiger partial charge in [-0.2, -0.15) is 5.10 Å². The van der Waals surface area contributed by atoms with Crippen molar-refractivity contribution in [2.45, 2.75) is 64.5 Å². The number of para-hydroxylation sites is 1. The van der Waals surface area contributed by atoms with Gasteiger partial charge < -0.3 is 5.32 Å². The molecule has 1 unspecified atom stereocenters. The maximum absolute atomic E-state index is 12.6. The fourth-order valence-corrected chi connectivity index (χ4v) is 3.40. The molecule has 3 rings (SSSR count). The van der Waals surface area contributed by atoms with E-state index in [0.717, 1.165) is 29.4 Å². The monoisotopic (exact) mass is 299 g/mol. The summed E-state index contributed by atoms with van der Waals surface area (Å²) in [6.07, 6.45) is 7.26. The highest BCUT2D eigenvalue weighted by Gasteiger charge is 2.22. The van der Waals surface area contributed by atoms with Gasteiger partial charge in [-0.25, -0.2) is 0 Å². The fourth-order valence-electron chi connectivity index (χ4n) is 3.40. The minimum atomic E-state index is -0.276. The second-order valence-corrected chi connectivity index (χ2v) is 6.42. The molecular weight excluding hydrogens is 274 g/mol. The van der Waals surface area contributed by atoms with E-state index in [1.165, 1.54) is 25.7 Å². The molecule has 0 spiro atoms. The van der Waals surface area contributed by atoms with Crippen LogP contribution in [0.3, 0.4) is 0 Å². The van der Waals surface area contributed by atoms with E-state index in [1.54, 1.807) is 0 Å². The Balaban J connectivity index is 1.77. The smallest absolute Gasteiger partial charge is 0.244 e. The highest BCUT2D eigenvalue weighted by Crippen LogP contribution is 2.22. The van der Waals surface area contributed by atoms with E-state index in [2.05, 4.69) is 16.5 Å². The zero-order chi connectivity index (χ0) is 15.5.